The molecule has 0 N–H and O–H groups in total. The van der Waals surface area contributed by atoms with Crippen molar-refractivity contribution in [3.8, 4) is 67.5 Å². The van der Waals surface area contributed by atoms with Crippen molar-refractivity contribution in [2.45, 2.75) is 0 Å². The molecule has 0 aliphatic rings. The second-order valence-electron chi connectivity index (χ2n) is 13.2. The number of pyridine rings is 1. The Kier molecular flexibility index (Phi) is 7.43. The van der Waals surface area contributed by atoms with Gasteiger partial charge in [0.05, 0.1) is 27.8 Å². The number of rotatable bonds is 6. The van der Waals surface area contributed by atoms with Crippen molar-refractivity contribution in [3.63, 3.8) is 0 Å². The van der Waals surface area contributed by atoms with E-state index in [1.54, 1.807) is 0 Å². The quantitative estimate of drug-likeness (QED) is 0.176. The highest BCUT2D eigenvalue weighted by atomic mass is 16.3. The van der Waals surface area contributed by atoms with Gasteiger partial charge >= 0.3 is 0 Å². The predicted octanol–water partition coefficient (Wildman–Crippen LogP) is 12.9. The molecule has 10 rings (SSSR count). The number of furan rings is 1. The maximum atomic E-state index is 6.91. The third-order valence-corrected chi connectivity index (χ3v) is 9.89. The van der Waals surface area contributed by atoms with Gasteiger partial charge in [-0.3, -0.25) is 0 Å². The first kappa shape index (κ1) is 30.6. The van der Waals surface area contributed by atoms with Crippen molar-refractivity contribution < 1.29 is 4.42 Å². The highest BCUT2D eigenvalue weighted by molar-refractivity contribution is 6.17. The van der Waals surface area contributed by atoms with E-state index < -0.39 is 0 Å². The molecule has 10 aromatic rings. The summed E-state index contributed by atoms with van der Waals surface area (Å²) in [5, 5.41) is 2.96. The maximum absolute atomic E-state index is 6.91. The lowest BCUT2D eigenvalue weighted by molar-refractivity contribution is 0.636. The summed E-state index contributed by atoms with van der Waals surface area (Å²) in [4.78, 5) is 15.7. The summed E-state index contributed by atoms with van der Waals surface area (Å²) < 4.78 is 6.91. The van der Waals surface area contributed by atoms with Crippen molar-refractivity contribution >= 4 is 32.8 Å². The average Bonchev–Trinajstić information content (AvgIpc) is 3.65. The summed E-state index contributed by atoms with van der Waals surface area (Å²) in [6, 6.07) is 64.7. The van der Waals surface area contributed by atoms with Crippen LogP contribution in [-0.4, -0.2) is 15.0 Å². The van der Waals surface area contributed by atoms with Gasteiger partial charge in [0.15, 0.2) is 5.82 Å². The number of nitrogens with zero attached hydrogens (tertiary/aromatic N) is 3. The van der Waals surface area contributed by atoms with E-state index in [0.717, 1.165) is 83.3 Å². The smallest absolute Gasteiger partial charge is 0.160 e. The molecule has 0 saturated carbocycles. The molecule has 0 unspecified atom stereocenters. The van der Waals surface area contributed by atoms with Gasteiger partial charge in [0.1, 0.15) is 11.3 Å². The van der Waals surface area contributed by atoms with E-state index in [0.29, 0.717) is 5.82 Å². The van der Waals surface area contributed by atoms with Gasteiger partial charge in [0, 0.05) is 38.6 Å². The van der Waals surface area contributed by atoms with Crippen LogP contribution in [0, 0.1) is 0 Å². The fraction of sp³-hybridized carbons (Fsp3) is 0. The van der Waals surface area contributed by atoms with E-state index in [1.165, 1.54) is 11.1 Å². The zero-order valence-corrected chi connectivity index (χ0v) is 28.6. The van der Waals surface area contributed by atoms with E-state index in [4.69, 9.17) is 19.4 Å². The topological polar surface area (TPSA) is 51.8 Å². The van der Waals surface area contributed by atoms with Gasteiger partial charge in [-0.1, -0.05) is 164 Å². The normalized spacial score (nSPS) is 11.4. The zero-order chi connectivity index (χ0) is 35.1. The lowest BCUT2D eigenvalue weighted by Crippen LogP contribution is -1.96. The molecule has 0 aliphatic heterocycles. The number of fused-ring (bicyclic) bond motifs is 4. The van der Waals surface area contributed by atoms with Crippen LogP contribution in [0.1, 0.15) is 0 Å². The molecule has 4 nitrogen and oxygen atoms in total. The molecule has 53 heavy (non-hydrogen) atoms. The van der Waals surface area contributed by atoms with Crippen LogP contribution in [0.5, 0.6) is 0 Å². The van der Waals surface area contributed by atoms with E-state index >= 15 is 0 Å². The molecule has 0 radical (unpaired) electrons. The van der Waals surface area contributed by atoms with Crippen molar-refractivity contribution in [1.29, 1.82) is 0 Å². The Hall–Kier alpha value is -7.17. The molecule has 248 valence electrons. The minimum Gasteiger partial charge on any atom is -0.455 e. The third-order valence-electron chi connectivity index (χ3n) is 9.89. The Labute approximate surface area is 306 Å². The van der Waals surface area contributed by atoms with E-state index in [1.807, 2.05) is 54.6 Å². The first-order valence-electron chi connectivity index (χ1n) is 17.8. The molecule has 0 spiro atoms. The molecule has 0 saturated heterocycles. The summed E-state index contributed by atoms with van der Waals surface area (Å²) in [6.45, 7) is 0. The van der Waals surface area contributed by atoms with Gasteiger partial charge in [-0.15, -0.1) is 0 Å². The zero-order valence-electron chi connectivity index (χ0n) is 28.6. The number of para-hydroxylation sites is 2. The molecule has 7 aromatic carbocycles. The van der Waals surface area contributed by atoms with Crippen LogP contribution in [-0.2, 0) is 0 Å². The molecular weight excluding hydrogens is 647 g/mol. The van der Waals surface area contributed by atoms with Crippen molar-refractivity contribution in [1.82, 2.24) is 15.0 Å². The molecule has 0 bridgehead atoms. The summed E-state index contributed by atoms with van der Waals surface area (Å²) in [5.74, 6) is 1.48. The first-order valence-corrected chi connectivity index (χ1v) is 17.8. The highest BCUT2D eigenvalue weighted by Gasteiger charge is 2.24. The second-order valence-corrected chi connectivity index (χ2v) is 13.2. The fourth-order valence-electron chi connectivity index (χ4n) is 7.35. The Morgan fingerprint density at radius 1 is 0.340 bits per heavy atom. The van der Waals surface area contributed by atoms with Crippen molar-refractivity contribution in [3.05, 3.63) is 188 Å². The molecular formula is C49H31N3O. The van der Waals surface area contributed by atoms with Crippen LogP contribution in [0.3, 0.4) is 0 Å². The monoisotopic (exact) mass is 677 g/mol. The molecule has 3 heterocycles. The lowest BCUT2D eigenvalue weighted by atomic mass is 9.94. The maximum Gasteiger partial charge on any atom is 0.160 e. The molecule has 0 aliphatic carbocycles. The Bertz CT molecular complexity index is 2920. The van der Waals surface area contributed by atoms with Crippen molar-refractivity contribution in [2.75, 3.05) is 0 Å². The number of aromatic nitrogens is 3. The standard InChI is InChI=1S/C49H31N3O/c1-4-15-32(16-5-1)33-27-29-35(30-28-33)45-39-23-10-12-25-41(39)51-49(52-45)38-22-14-21-37(31-38)46-44-43(34-17-6-2-7-18-34)47(36-19-8-3-9-20-36)53-48(44)40-24-11-13-26-42(40)50-46/h1-31H. The lowest BCUT2D eigenvalue weighted by Gasteiger charge is -2.12. The van der Waals surface area contributed by atoms with E-state index in [9.17, 15) is 0 Å². The minimum absolute atomic E-state index is 0.658. The largest absolute Gasteiger partial charge is 0.455 e. The van der Waals surface area contributed by atoms with Crippen LogP contribution >= 0.6 is 0 Å². The van der Waals surface area contributed by atoms with Gasteiger partial charge in [0.25, 0.3) is 0 Å². The second kappa shape index (κ2) is 12.9. The Balaban J connectivity index is 1.17. The number of benzene rings is 7. The fourth-order valence-corrected chi connectivity index (χ4v) is 7.35. The molecule has 3 aromatic heterocycles. The summed E-state index contributed by atoms with van der Waals surface area (Å²) in [5.41, 5.74) is 12.7. The molecule has 0 fully saturated rings. The number of hydrogen-bond donors (Lipinski definition) is 0. The van der Waals surface area contributed by atoms with Crippen LogP contribution in [0.25, 0.3) is 100 Å². The summed E-state index contributed by atoms with van der Waals surface area (Å²) in [6.07, 6.45) is 0. The SMILES string of the molecule is c1ccc(-c2ccc(-c3nc(-c4cccc(-c5nc6ccccc6c6oc(-c7ccccc7)c(-c7ccccc7)c56)c4)nc4ccccc34)cc2)cc1. The van der Waals surface area contributed by atoms with Gasteiger partial charge in [-0.25, -0.2) is 15.0 Å². The minimum atomic E-state index is 0.658. The molecule has 0 atom stereocenters. The van der Waals surface area contributed by atoms with Crippen LogP contribution in [0.4, 0.5) is 0 Å². The van der Waals surface area contributed by atoms with Crippen LogP contribution in [0.2, 0.25) is 0 Å². The van der Waals surface area contributed by atoms with Crippen molar-refractivity contribution in [2.24, 2.45) is 0 Å². The summed E-state index contributed by atoms with van der Waals surface area (Å²) >= 11 is 0. The molecule has 0 amide bonds. The predicted molar refractivity (Wildman–Crippen MR) is 217 cm³/mol. The van der Waals surface area contributed by atoms with E-state index in [2.05, 4.69) is 133 Å². The van der Waals surface area contributed by atoms with Gasteiger partial charge in [0.2, 0.25) is 0 Å². The van der Waals surface area contributed by atoms with Gasteiger partial charge in [-0.2, -0.15) is 0 Å². The summed E-state index contributed by atoms with van der Waals surface area (Å²) in [7, 11) is 0. The average molecular weight is 678 g/mol. The number of hydrogen-bond acceptors (Lipinski definition) is 4. The highest BCUT2D eigenvalue weighted by Crippen LogP contribution is 2.47. The van der Waals surface area contributed by atoms with Crippen LogP contribution in [0.15, 0.2) is 192 Å². The van der Waals surface area contributed by atoms with Crippen LogP contribution < -0.4 is 0 Å². The van der Waals surface area contributed by atoms with E-state index in [-0.39, 0.29) is 0 Å². The molecule has 4 heteroatoms. The van der Waals surface area contributed by atoms with Gasteiger partial charge in [-0.05, 0) is 41.0 Å². The third kappa shape index (κ3) is 5.45. The van der Waals surface area contributed by atoms with Gasteiger partial charge < -0.3 is 4.42 Å². The Morgan fingerprint density at radius 3 is 1.58 bits per heavy atom. The Morgan fingerprint density at radius 2 is 0.868 bits per heavy atom. The first-order chi connectivity index (χ1) is 26.3.